The van der Waals surface area contributed by atoms with E-state index in [2.05, 4.69) is 23.5 Å². The van der Waals surface area contributed by atoms with Crippen LogP contribution in [0.5, 0.6) is 5.75 Å². The van der Waals surface area contributed by atoms with E-state index < -0.39 is 0 Å². The summed E-state index contributed by atoms with van der Waals surface area (Å²) in [6, 6.07) is 14.9. The van der Waals surface area contributed by atoms with E-state index in [9.17, 15) is 0 Å². The van der Waals surface area contributed by atoms with E-state index in [0.717, 1.165) is 17.3 Å². The number of halogens is 1. The molecule has 2 nitrogen and oxygen atoms in total. The van der Waals surface area contributed by atoms with Gasteiger partial charge in [0.05, 0.1) is 7.11 Å². The Kier molecular flexibility index (Phi) is 4.73. The summed E-state index contributed by atoms with van der Waals surface area (Å²) in [6.07, 6.45) is 2.60. The Balaban J connectivity index is 1.76. The normalized spacial score (nSPS) is 14.2. The summed E-state index contributed by atoms with van der Waals surface area (Å²) in [5, 5.41) is 4.34. The molecule has 110 valence electrons. The van der Waals surface area contributed by atoms with Crippen LogP contribution in [0.1, 0.15) is 18.4 Å². The predicted molar refractivity (Wildman–Crippen MR) is 88.4 cm³/mol. The third-order valence-corrected chi connectivity index (χ3v) is 4.82. The van der Waals surface area contributed by atoms with Crippen molar-refractivity contribution in [3.8, 4) is 5.75 Å². The minimum absolute atomic E-state index is 0.708. The summed E-state index contributed by atoms with van der Waals surface area (Å²) in [4.78, 5) is 2.39. The van der Waals surface area contributed by atoms with E-state index in [0.29, 0.717) is 6.04 Å². The number of hydrogen-bond donors (Lipinski definition) is 1. The number of rotatable bonds is 6. The number of hydrogen-bond acceptors (Lipinski definition) is 3. The van der Waals surface area contributed by atoms with Gasteiger partial charge in [-0.3, -0.25) is 0 Å². The summed E-state index contributed by atoms with van der Waals surface area (Å²) in [5.74, 6) is 0.876. The largest absolute Gasteiger partial charge is 0.497 e. The van der Waals surface area contributed by atoms with Gasteiger partial charge in [0.15, 0.2) is 0 Å². The van der Waals surface area contributed by atoms with Crippen molar-refractivity contribution < 1.29 is 4.74 Å². The summed E-state index contributed by atoms with van der Waals surface area (Å²) in [6.45, 7) is 0.903. The Morgan fingerprint density at radius 2 is 1.95 bits per heavy atom. The SMILES string of the molecule is COc1ccc(Sc2cc(Cl)ccc2CNC2CC2)cc1. The van der Waals surface area contributed by atoms with Gasteiger partial charge in [0.1, 0.15) is 5.75 Å². The van der Waals surface area contributed by atoms with Crippen molar-refractivity contribution in [2.45, 2.75) is 35.2 Å². The van der Waals surface area contributed by atoms with Crippen LogP contribution in [0, 0.1) is 0 Å². The fourth-order valence-electron chi connectivity index (χ4n) is 2.08. The van der Waals surface area contributed by atoms with Crippen LogP contribution < -0.4 is 10.1 Å². The molecule has 0 spiro atoms. The first-order chi connectivity index (χ1) is 10.2. The molecule has 3 rings (SSSR count). The van der Waals surface area contributed by atoms with Crippen LogP contribution in [-0.4, -0.2) is 13.2 Å². The molecule has 0 amide bonds. The van der Waals surface area contributed by atoms with Crippen molar-refractivity contribution >= 4 is 23.4 Å². The van der Waals surface area contributed by atoms with E-state index in [1.165, 1.54) is 28.2 Å². The van der Waals surface area contributed by atoms with Gasteiger partial charge in [0, 0.05) is 27.4 Å². The zero-order valence-corrected chi connectivity index (χ0v) is 13.5. The summed E-state index contributed by atoms with van der Waals surface area (Å²) < 4.78 is 5.19. The van der Waals surface area contributed by atoms with Crippen molar-refractivity contribution in [2.24, 2.45) is 0 Å². The highest BCUT2D eigenvalue weighted by Crippen LogP contribution is 2.33. The molecule has 1 saturated carbocycles. The Hall–Kier alpha value is -1.16. The highest BCUT2D eigenvalue weighted by atomic mass is 35.5. The molecule has 21 heavy (non-hydrogen) atoms. The van der Waals surface area contributed by atoms with Crippen molar-refractivity contribution in [3.63, 3.8) is 0 Å². The molecule has 0 radical (unpaired) electrons. The van der Waals surface area contributed by atoms with E-state index in [1.54, 1.807) is 18.9 Å². The molecule has 1 aliphatic carbocycles. The summed E-state index contributed by atoms with van der Waals surface area (Å²) >= 11 is 7.89. The highest BCUT2D eigenvalue weighted by molar-refractivity contribution is 7.99. The molecular weight excluding hydrogens is 302 g/mol. The molecule has 1 aliphatic rings. The minimum atomic E-state index is 0.708. The van der Waals surface area contributed by atoms with Gasteiger partial charge in [0.25, 0.3) is 0 Å². The number of methoxy groups -OCH3 is 1. The third-order valence-electron chi connectivity index (χ3n) is 3.47. The molecule has 1 N–H and O–H groups in total. The van der Waals surface area contributed by atoms with Crippen molar-refractivity contribution in [2.75, 3.05) is 7.11 Å². The highest BCUT2D eigenvalue weighted by Gasteiger charge is 2.20. The van der Waals surface area contributed by atoms with Gasteiger partial charge in [-0.25, -0.2) is 0 Å². The Morgan fingerprint density at radius 3 is 2.62 bits per heavy atom. The molecule has 0 bridgehead atoms. The molecule has 0 atom stereocenters. The predicted octanol–water partition coefficient (Wildman–Crippen LogP) is 4.75. The van der Waals surface area contributed by atoms with E-state index in [-0.39, 0.29) is 0 Å². The van der Waals surface area contributed by atoms with Gasteiger partial charge in [-0.1, -0.05) is 29.4 Å². The van der Waals surface area contributed by atoms with Gasteiger partial charge in [-0.15, -0.1) is 0 Å². The maximum atomic E-state index is 6.15. The third kappa shape index (κ3) is 4.16. The lowest BCUT2D eigenvalue weighted by molar-refractivity contribution is 0.414. The fraction of sp³-hybridized carbons (Fsp3) is 0.294. The number of benzene rings is 2. The molecule has 0 unspecified atom stereocenters. The second-order valence-corrected chi connectivity index (χ2v) is 6.74. The first-order valence-corrected chi connectivity index (χ1v) is 8.28. The minimum Gasteiger partial charge on any atom is -0.497 e. The molecule has 2 aromatic carbocycles. The van der Waals surface area contributed by atoms with Gasteiger partial charge in [-0.05, 0) is 54.8 Å². The molecule has 2 aromatic rings. The first kappa shape index (κ1) is 14.8. The van der Waals surface area contributed by atoms with Gasteiger partial charge in [0.2, 0.25) is 0 Å². The van der Waals surface area contributed by atoms with Crippen LogP contribution in [0.4, 0.5) is 0 Å². The number of ether oxygens (including phenoxy) is 1. The van der Waals surface area contributed by atoms with Gasteiger partial charge >= 0.3 is 0 Å². The summed E-state index contributed by atoms with van der Waals surface area (Å²) in [7, 11) is 1.68. The molecule has 0 heterocycles. The molecule has 4 heteroatoms. The molecule has 0 aromatic heterocycles. The lowest BCUT2D eigenvalue weighted by Gasteiger charge is -2.11. The lowest BCUT2D eigenvalue weighted by Crippen LogP contribution is -2.15. The van der Waals surface area contributed by atoms with Crippen LogP contribution >= 0.6 is 23.4 Å². The standard InChI is InChI=1S/C17H18ClNOS/c1-20-15-6-8-16(9-7-15)21-17-10-13(18)3-2-12(17)11-19-14-4-5-14/h2-3,6-10,14,19H,4-5,11H2,1H3. The molecule has 0 aliphatic heterocycles. The van der Waals surface area contributed by atoms with Gasteiger partial charge < -0.3 is 10.1 Å². The monoisotopic (exact) mass is 319 g/mol. The zero-order valence-electron chi connectivity index (χ0n) is 11.9. The molecule has 1 fully saturated rings. The number of nitrogens with one attached hydrogen (secondary N) is 1. The second kappa shape index (κ2) is 6.73. The average Bonchev–Trinajstić information content (AvgIpc) is 3.31. The summed E-state index contributed by atoms with van der Waals surface area (Å²) in [5.41, 5.74) is 1.30. The fourth-order valence-corrected chi connectivity index (χ4v) is 3.30. The van der Waals surface area contributed by atoms with Crippen LogP contribution in [0.25, 0.3) is 0 Å². The van der Waals surface area contributed by atoms with Crippen molar-refractivity contribution in [1.29, 1.82) is 0 Å². The van der Waals surface area contributed by atoms with Crippen molar-refractivity contribution in [1.82, 2.24) is 5.32 Å². The molecule has 0 saturated heterocycles. The molecular formula is C17H18ClNOS. The average molecular weight is 320 g/mol. The first-order valence-electron chi connectivity index (χ1n) is 7.08. The van der Waals surface area contributed by atoms with E-state index >= 15 is 0 Å². The quantitative estimate of drug-likeness (QED) is 0.830. The Morgan fingerprint density at radius 1 is 1.19 bits per heavy atom. The van der Waals surface area contributed by atoms with Crippen molar-refractivity contribution in [3.05, 3.63) is 53.1 Å². The maximum absolute atomic E-state index is 6.15. The zero-order chi connectivity index (χ0) is 14.7. The van der Waals surface area contributed by atoms with Crippen LogP contribution in [0.15, 0.2) is 52.3 Å². The van der Waals surface area contributed by atoms with Crippen LogP contribution in [0.3, 0.4) is 0 Å². The maximum Gasteiger partial charge on any atom is 0.118 e. The topological polar surface area (TPSA) is 21.3 Å². The van der Waals surface area contributed by atoms with E-state index in [4.69, 9.17) is 16.3 Å². The second-order valence-electron chi connectivity index (χ2n) is 5.18. The van der Waals surface area contributed by atoms with Crippen LogP contribution in [0.2, 0.25) is 5.02 Å². The van der Waals surface area contributed by atoms with E-state index in [1.807, 2.05) is 24.3 Å². The smallest absolute Gasteiger partial charge is 0.118 e. The van der Waals surface area contributed by atoms with Gasteiger partial charge in [-0.2, -0.15) is 0 Å². The Bertz CT molecular complexity index is 611. The lowest BCUT2D eigenvalue weighted by atomic mass is 10.2. The van der Waals surface area contributed by atoms with Crippen LogP contribution in [-0.2, 0) is 6.54 Å². The Labute approximate surface area is 134 Å².